The number of nitrogens with one attached hydrogen (secondary N) is 1. The van der Waals surface area contributed by atoms with Crippen LogP contribution in [0.5, 0.6) is 0 Å². The minimum atomic E-state index is 0.0484. The molecule has 0 bridgehead atoms. The minimum absolute atomic E-state index is 0.0484. The van der Waals surface area contributed by atoms with Crippen LogP contribution in [-0.4, -0.2) is 7.05 Å². The smallest absolute Gasteiger partial charge is 0.0599 e. The van der Waals surface area contributed by atoms with Gasteiger partial charge in [0.05, 0.1) is 11.1 Å². The van der Waals surface area contributed by atoms with Crippen LogP contribution in [0, 0.1) is 0 Å². The van der Waals surface area contributed by atoms with Crippen molar-refractivity contribution in [3.8, 4) is 0 Å². The molecule has 2 aromatic rings. The molecular weight excluding hydrogens is 333 g/mol. The van der Waals surface area contributed by atoms with Gasteiger partial charge in [-0.15, -0.1) is 0 Å². The van der Waals surface area contributed by atoms with Crippen molar-refractivity contribution in [1.29, 1.82) is 0 Å². The molecule has 0 amide bonds. The van der Waals surface area contributed by atoms with Crippen LogP contribution in [0.25, 0.3) is 0 Å². The van der Waals surface area contributed by atoms with Crippen LogP contribution in [0.3, 0.4) is 0 Å². The molecule has 18 heavy (non-hydrogen) atoms. The number of hydrogen-bond donors (Lipinski definition) is 1. The van der Waals surface area contributed by atoms with Crippen LogP contribution in [0.1, 0.15) is 17.2 Å². The average molecular weight is 345 g/mol. The highest BCUT2D eigenvalue weighted by molar-refractivity contribution is 9.10. The fourth-order valence-corrected chi connectivity index (χ4v) is 2.64. The van der Waals surface area contributed by atoms with E-state index in [4.69, 9.17) is 23.2 Å². The molecule has 0 spiro atoms. The van der Waals surface area contributed by atoms with Crippen LogP contribution in [-0.2, 0) is 0 Å². The maximum absolute atomic E-state index is 6.33. The Hall–Kier alpha value is -0.540. The summed E-state index contributed by atoms with van der Waals surface area (Å²) >= 11 is 15.7. The zero-order valence-corrected chi connectivity index (χ0v) is 12.9. The lowest BCUT2D eigenvalue weighted by molar-refractivity contribution is 0.692. The third-order valence-electron chi connectivity index (χ3n) is 2.78. The van der Waals surface area contributed by atoms with Gasteiger partial charge in [-0.3, -0.25) is 0 Å². The second kappa shape index (κ2) is 6.07. The predicted octanol–water partition coefficient (Wildman–Crippen LogP) is 5.06. The lowest BCUT2D eigenvalue weighted by Gasteiger charge is -2.19. The van der Waals surface area contributed by atoms with E-state index in [1.807, 2.05) is 49.5 Å². The Balaban J connectivity index is 2.45. The Labute approximate surface area is 125 Å². The monoisotopic (exact) mass is 343 g/mol. The molecule has 2 rings (SSSR count). The summed E-state index contributed by atoms with van der Waals surface area (Å²) < 4.78 is 0.899. The van der Waals surface area contributed by atoms with Crippen molar-refractivity contribution < 1.29 is 0 Å². The van der Waals surface area contributed by atoms with Crippen LogP contribution in [0.4, 0.5) is 0 Å². The lowest BCUT2D eigenvalue weighted by Crippen LogP contribution is -2.18. The summed E-state index contributed by atoms with van der Waals surface area (Å²) in [6.07, 6.45) is 0. The van der Waals surface area contributed by atoms with E-state index in [1.165, 1.54) is 0 Å². The van der Waals surface area contributed by atoms with Gasteiger partial charge >= 0.3 is 0 Å². The van der Waals surface area contributed by atoms with Crippen molar-refractivity contribution in [2.24, 2.45) is 0 Å². The Bertz CT molecular complexity index is 540. The molecule has 0 radical (unpaired) electrons. The van der Waals surface area contributed by atoms with Crippen molar-refractivity contribution in [1.82, 2.24) is 5.32 Å². The SMILES string of the molecule is CNC(c1ccc(Cl)cc1)c1cccc(Br)c1Cl. The van der Waals surface area contributed by atoms with E-state index in [2.05, 4.69) is 21.2 Å². The van der Waals surface area contributed by atoms with Crippen molar-refractivity contribution in [3.63, 3.8) is 0 Å². The van der Waals surface area contributed by atoms with Crippen LogP contribution < -0.4 is 5.32 Å². The first kappa shape index (κ1) is 13.9. The molecule has 1 atom stereocenters. The van der Waals surface area contributed by atoms with Gasteiger partial charge in [-0.1, -0.05) is 47.5 Å². The van der Waals surface area contributed by atoms with E-state index in [-0.39, 0.29) is 6.04 Å². The maximum Gasteiger partial charge on any atom is 0.0599 e. The topological polar surface area (TPSA) is 12.0 Å². The summed E-state index contributed by atoms with van der Waals surface area (Å²) in [6, 6.07) is 13.7. The molecular formula is C14H12BrCl2N. The summed E-state index contributed by atoms with van der Waals surface area (Å²) in [7, 11) is 1.91. The predicted molar refractivity (Wildman–Crippen MR) is 81.5 cm³/mol. The molecule has 0 aromatic heterocycles. The third kappa shape index (κ3) is 2.89. The highest BCUT2D eigenvalue weighted by Crippen LogP contribution is 2.33. The summed E-state index contributed by atoms with van der Waals surface area (Å²) in [4.78, 5) is 0. The summed E-state index contributed by atoms with van der Waals surface area (Å²) in [6.45, 7) is 0. The van der Waals surface area contributed by atoms with Crippen LogP contribution in [0.2, 0.25) is 10.0 Å². The Kier molecular flexibility index (Phi) is 4.68. The fourth-order valence-electron chi connectivity index (χ4n) is 1.90. The van der Waals surface area contributed by atoms with Gasteiger partial charge in [0.1, 0.15) is 0 Å². The van der Waals surface area contributed by atoms with Crippen molar-refractivity contribution >= 4 is 39.1 Å². The molecule has 1 nitrogen and oxygen atoms in total. The van der Waals surface area contributed by atoms with Gasteiger partial charge in [-0.2, -0.15) is 0 Å². The highest BCUT2D eigenvalue weighted by atomic mass is 79.9. The Morgan fingerprint density at radius 2 is 1.72 bits per heavy atom. The Morgan fingerprint density at radius 1 is 1.06 bits per heavy atom. The van der Waals surface area contributed by atoms with Gasteiger partial charge in [0, 0.05) is 9.50 Å². The first-order valence-corrected chi connectivity index (χ1v) is 7.05. The molecule has 0 aliphatic carbocycles. The number of halogens is 3. The van der Waals surface area contributed by atoms with E-state index < -0.39 is 0 Å². The van der Waals surface area contributed by atoms with Crippen LogP contribution >= 0.6 is 39.1 Å². The summed E-state index contributed by atoms with van der Waals surface area (Å²) in [5.41, 5.74) is 2.16. The molecule has 0 saturated heterocycles. The molecule has 4 heteroatoms. The van der Waals surface area contributed by atoms with E-state index in [9.17, 15) is 0 Å². The fraction of sp³-hybridized carbons (Fsp3) is 0.143. The molecule has 0 fully saturated rings. The van der Waals surface area contributed by atoms with Gasteiger partial charge in [0.2, 0.25) is 0 Å². The molecule has 0 aliphatic heterocycles. The highest BCUT2D eigenvalue weighted by Gasteiger charge is 2.16. The van der Waals surface area contributed by atoms with Gasteiger partial charge in [-0.25, -0.2) is 0 Å². The summed E-state index contributed by atoms with van der Waals surface area (Å²) in [5, 5.41) is 4.73. The summed E-state index contributed by atoms with van der Waals surface area (Å²) in [5.74, 6) is 0. The Morgan fingerprint density at radius 3 is 2.33 bits per heavy atom. The van der Waals surface area contributed by atoms with Crippen molar-refractivity contribution in [2.75, 3.05) is 7.05 Å². The van der Waals surface area contributed by atoms with Crippen molar-refractivity contribution in [3.05, 3.63) is 68.1 Å². The number of rotatable bonds is 3. The average Bonchev–Trinajstić information content (AvgIpc) is 2.37. The van der Waals surface area contributed by atoms with E-state index >= 15 is 0 Å². The third-order valence-corrected chi connectivity index (χ3v) is 4.35. The largest absolute Gasteiger partial charge is 0.309 e. The number of benzene rings is 2. The molecule has 1 unspecified atom stereocenters. The molecule has 0 heterocycles. The molecule has 1 N–H and O–H groups in total. The lowest BCUT2D eigenvalue weighted by atomic mass is 9.99. The van der Waals surface area contributed by atoms with Crippen LogP contribution in [0.15, 0.2) is 46.9 Å². The molecule has 94 valence electrons. The second-order valence-electron chi connectivity index (χ2n) is 3.92. The van der Waals surface area contributed by atoms with Gasteiger partial charge in [-0.05, 0) is 52.3 Å². The standard InChI is InChI=1S/C14H12BrCl2N/c1-18-14(9-5-7-10(16)8-6-9)11-3-2-4-12(15)13(11)17/h2-8,14,18H,1H3. The molecule has 0 saturated carbocycles. The maximum atomic E-state index is 6.33. The first-order chi connectivity index (χ1) is 8.63. The zero-order valence-electron chi connectivity index (χ0n) is 9.75. The van der Waals surface area contributed by atoms with Gasteiger partial charge in [0.15, 0.2) is 0 Å². The minimum Gasteiger partial charge on any atom is -0.309 e. The van der Waals surface area contributed by atoms with Crippen molar-refractivity contribution in [2.45, 2.75) is 6.04 Å². The van der Waals surface area contributed by atoms with E-state index in [1.54, 1.807) is 0 Å². The zero-order chi connectivity index (χ0) is 13.1. The first-order valence-electron chi connectivity index (χ1n) is 5.50. The quantitative estimate of drug-likeness (QED) is 0.820. The van der Waals surface area contributed by atoms with E-state index in [0.29, 0.717) is 0 Å². The molecule has 0 aliphatic rings. The number of hydrogen-bond acceptors (Lipinski definition) is 1. The molecule has 2 aromatic carbocycles. The van der Waals surface area contributed by atoms with Gasteiger partial charge in [0.25, 0.3) is 0 Å². The normalized spacial score (nSPS) is 12.4. The van der Waals surface area contributed by atoms with Gasteiger partial charge < -0.3 is 5.32 Å². The second-order valence-corrected chi connectivity index (χ2v) is 5.59. The van der Waals surface area contributed by atoms with E-state index in [0.717, 1.165) is 25.6 Å².